The van der Waals surface area contributed by atoms with E-state index in [1.54, 1.807) is 0 Å². The standard InChI is InChI=1S/C20H17NO2/c22-19-17-13-8-9-14(11-10-13)18(17)20(23)21(19)16-7-3-5-12-4-1-2-6-15(12)16/h1-9,13-14,17-18H,10-11H2/t13-,14-,17-,18-/m1/s1. The molecule has 1 saturated carbocycles. The largest absolute Gasteiger partial charge is 0.274 e. The van der Waals surface area contributed by atoms with Crippen molar-refractivity contribution >= 4 is 28.3 Å². The Morgan fingerprint density at radius 1 is 0.783 bits per heavy atom. The molecule has 2 aromatic carbocycles. The number of anilines is 1. The molecule has 0 aromatic heterocycles. The van der Waals surface area contributed by atoms with E-state index in [1.807, 2.05) is 42.5 Å². The van der Waals surface area contributed by atoms with Gasteiger partial charge in [0, 0.05) is 5.39 Å². The molecule has 0 N–H and O–H groups in total. The maximum atomic E-state index is 13.1. The summed E-state index contributed by atoms with van der Waals surface area (Å²) in [6.07, 6.45) is 6.38. The zero-order valence-electron chi connectivity index (χ0n) is 12.7. The van der Waals surface area contributed by atoms with Crippen molar-refractivity contribution in [2.24, 2.45) is 23.7 Å². The number of rotatable bonds is 1. The Bertz CT molecular complexity index is 832. The summed E-state index contributed by atoms with van der Waals surface area (Å²) in [6, 6.07) is 13.8. The number of carbonyl (C=O) groups excluding carboxylic acids is 2. The Morgan fingerprint density at radius 3 is 2.04 bits per heavy atom. The van der Waals surface area contributed by atoms with E-state index in [1.165, 1.54) is 4.90 Å². The van der Waals surface area contributed by atoms with Gasteiger partial charge in [-0.25, -0.2) is 4.90 Å². The average molecular weight is 303 g/mol. The minimum atomic E-state index is -0.148. The SMILES string of the molecule is O=C1[C@H]2[C@H](C(=O)N1c1cccc3ccccc13)[C@@H]1C=C[C@@H]2CC1. The molecule has 1 heterocycles. The third kappa shape index (κ3) is 1.65. The number of hydrogen-bond donors (Lipinski definition) is 0. The zero-order chi connectivity index (χ0) is 15.6. The van der Waals surface area contributed by atoms with Crippen LogP contribution in [0.1, 0.15) is 12.8 Å². The van der Waals surface area contributed by atoms with Gasteiger partial charge in [0.2, 0.25) is 11.8 Å². The van der Waals surface area contributed by atoms with E-state index in [4.69, 9.17) is 0 Å². The van der Waals surface area contributed by atoms with Crippen LogP contribution in [0.2, 0.25) is 0 Å². The minimum absolute atomic E-state index is 0.00426. The molecular formula is C20H17NO2. The predicted octanol–water partition coefficient (Wildman–Crippen LogP) is 3.54. The summed E-state index contributed by atoms with van der Waals surface area (Å²) in [5.74, 6) is 0.170. The molecule has 2 amide bonds. The first-order valence-electron chi connectivity index (χ1n) is 8.29. The van der Waals surface area contributed by atoms with E-state index in [0.29, 0.717) is 0 Å². The van der Waals surface area contributed by atoms with Crippen LogP contribution in [0.4, 0.5) is 5.69 Å². The van der Waals surface area contributed by atoms with Gasteiger partial charge < -0.3 is 0 Å². The van der Waals surface area contributed by atoms with Crippen LogP contribution in [0.5, 0.6) is 0 Å². The van der Waals surface area contributed by atoms with E-state index in [-0.39, 0.29) is 35.5 Å². The number of imide groups is 1. The molecule has 1 aliphatic heterocycles. The van der Waals surface area contributed by atoms with Gasteiger partial charge in [-0.1, -0.05) is 48.6 Å². The number of amides is 2. The summed E-state index contributed by atoms with van der Waals surface area (Å²) >= 11 is 0. The molecule has 2 bridgehead atoms. The minimum Gasteiger partial charge on any atom is -0.274 e. The molecule has 3 nitrogen and oxygen atoms in total. The molecule has 0 unspecified atom stereocenters. The molecule has 6 rings (SSSR count). The van der Waals surface area contributed by atoms with Crippen LogP contribution in [0.25, 0.3) is 10.8 Å². The van der Waals surface area contributed by atoms with Gasteiger partial charge in [-0.05, 0) is 36.1 Å². The van der Waals surface area contributed by atoms with E-state index < -0.39 is 0 Å². The van der Waals surface area contributed by atoms with Gasteiger partial charge in [0.25, 0.3) is 0 Å². The first kappa shape index (κ1) is 13.1. The predicted molar refractivity (Wildman–Crippen MR) is 88.8 cm³/mol. The van der Waals surface area contributed by atoms with Crippen LogP contribution in [-0.2, 0) is 9.59 Å². The summed E-state index contributed by atoms with van der Waals surface area (Å²) in [5, 5.41) is 2.03. The highest BCUT2D eigenvalue weighted by Gasteiger charge is 2.57. The highest BCUT2D eigenvalue weighted by Crippen LogP contribution is 2.50. The van der Waals surface area contributed by atoms with Gasteiger partial charge in [0.1, 0.15) is 0 Å². The van der Waals surface area contributed by atoms with Crippen molar-refractivity contribution in [1.82, 2.24) is 0 Å². The molecule has 2 aromatic rings. The molecular weight excluding hydrogens is 286 g/mol. The lowest BCUT2D eigenvalue weighted by molar-refractivity contribution is -0.124. The Labute approximate surface area is 134 Å². The molecule has 4 aliphatic rings. The molecule has 23 heavy (non-hydrogen) atoms. The van der Waals surface area contributed by atoms with Crippen molar-refractivity contribution < 1.29 is 9.59 Å². The number of allylic oxidation sites excluding steroid dienone is 2. The topological polar surface area (TPSA) is 37.4 Å². The van der Waals surface area contributed by atoms with Gasteiger partial charge in [0.05, 0.1) is 17.5 Å². The van der Waals surface area contributed by atoms with Gasteiger partial charge in [0.15, 0.2) is 0 Å². The molecule has 3 heteroatoms. The van der Waals surface area contributed by atoms with Crippen LogP contribution in [0.15, 0.2) is 54.6 Å². The number of carbonyl (C=O) groups is 2. The fourth-order valence-electron chi connectivity index (χ4n) is 4.71. The lowest BCUT2D eigenvalue weighted by Gasteiger charge is -2.38. The molecule has 114 valence electrons. The second-order valence-corrected chi connectivity index (χ2v) is 6.85. The number of benzene rings is 2. The van der Waals surface area contributed by atoms with E-state index >= 15 is 0 Å². The lowest BCUT2D eigenvalue weighted by Crippen LogP contribution is -2.38. The van der Waals surface area contributed by atoms with Crippen LogP contribution in [0, 0.1) is 23.7 Å². The quantitative estimate of drug-likeness (QED) is 0.597. The summed E-state index contributed by atoms with van der Waals surface area (Å²) in [6.45, 7) is 0. The van der Waals surface area contributed by atoms with Crippen LogP contribution >= 0.6 is 0 Å². The van der Waals surface area contributed by atoms with E-state index in [9.17, 15) is 9.59 Å². The third-order valence-corrected chi connectivity index (χ3v) is 5.77. The zero-order valence-corrected chi connectivity index (χ0v) is 12.7. The average Bonchev–Trinajstić information content (AvgIpc) is 2.89. The lowest BCUT2D eigenvalue weighted by atomic mass is 9.63. The number of hydrogen-bond acceptors (Lipinski definition) is 2. The maximum Gasteiger partial charge on any atom is 0.238 e. The van der Waals surface area contributed by atoms with Crippen molar-refractivity contribution in [1.29, 1.82) is 0 Å². The number of fused-ring (bicyclic) bond motifs is 2. The molecule has 3 aliphatic carbocycles. The fourth-order valence-corrected chi connectivity index (χ4v) is 4.71. The van der Waals surface area contributed by atoms with E-state index in [0.717, 1.165) is 29.3 Å². The molecule has 0 radical (unpaired) electrons. The first-order chi connectivity index (χ1) is 11.3. The van der Waals surface area contributed by atoms with Crippen LogP contribution in [-0.4, -0.2) is 11.8 Å². The van der Waals surface area contributed by atoms with Crippen molar-refractivity contribution in [3.63, 3.8) is 0 Å². The Balaban J connectivity index is 1.67. The summed E-state index contributed by atoms with van der Waals surface area (Å²) < 4.78 is 0. The normalized spacial score (nSPS) is 31.9. The first-order valence-corrected chi connectivity index (χ1v) is 8.29. The maximum absolute atomic E-state index is 13.1. The van der Waals surface area contributed by atoms with Crippen LogP contribution in [0.3, 0.4) is 0 Å². The Kier molecular flexibility index (Phi) is 2.58. The summed E-state index contributed by atoms with van der Waals surface area (Å²) in [5.41, 5.74) is 0.743. The second kappa shape index (κ2) is 4.54. The molecule has 2 fully saturated rings. The van der Waals surface area contributed by atoms with Crippen LogP contribution < -0.4 is 4.90 Å². The Morgan fingerprint density at radius 2 is 1.39 bits per heavy atom. The third-order valence-electron chi connectivity index (χ3n) is 5.77. The van der Waals surface area contributed by atoms with Crippen molar-refractivity contribution in [3.8, 4) is 0 Å². The smallest absolute Gasteiger partial charge is 0.238 e. The Hall–Kier alpha value is -2.42. The van der Waals surface area contributed by atoms with Crippen molar-refractivity contribution in [3.05, 3.63) is 54.6 Å². The van der Waals surface area contributed by atoms with Gasteiger partial charge in [-0.2, -0.15) is 0 Å². The highest BCUT2D eigenvalue weighted by atomic mass is 16.2. The summed E-state index contributed by atoms with van der Waals surface area (Å²) in [7, 11) is 0. The van der Waals surface area contributed by atoms with Crippen molar-refractivity contribution in [2.75, 3.05) is 4.90 Å². The fraction of sp³-hybridized carbons (Fsp3) is 0.300. The van der Waals surface area contributed by atoms with E-state index in [2.05, 4.69) is 12.2 Å². The van der Waals surface area contributed by atoms with Crippen molar-refractivity contribution in [2.45, 2.75) is 12.8 Å². The number of nitrogens with zero attached hydrogens (tertiary/aromatic N) is 1. The molecule has 0 spiro atoms. The highest BCUT2D eigenvalue weighted by molar-refractivity contribution is 6.25. The second-order valence-electron chi connectivity index (χ2n) is 6.85. The molecule has 1 saturated heterocycles. The summed E-state index contributed by atoms with van der Waals surface area (Å²) in [4.78, 5) is 27.6. The van der Waals surface area contributed by atoms with Gasteiger partial charge in [-0.15, -0.1) is 0 Å². The van der Waals surface area contributed by atoms with Gasteiger partial charge >= 0.3 is 0 Å². The van der Waals surface area contributed by atoms with Gasteiger partial charge in [-0.3, -0.25) is 9.59 Å². The monoisotopic (exact) mass is 303 g/mol. The molecule has 4 atom stereocenters.